The Labute approximate surface area is 141 Å². The maximum atomic E-state index is 12.0. The predicted molar refractivity (Wildman–Crippen MR) is 95.2 cm³/mol. The molecular formula is C18H21ClN2O2. The van der Waals surface area contributed by atoms with Crippen LogP contribution in [0.3, 0.4) is 0 Å². The maximum absolute atomic E-state index is 12.0. The van der Waals surface area contributed by atoms with E-state index in [1.54, 1.807) is 0 Å². The summed E-state index contributed by atoms with van der Waals surface area (Å²) in [6.45, 7) is 0.684. The molecule has 4 nitrogen and oxygen atoms in total. The van der Waals surface area contributed by atoms with E-state index in [0.29, 0.717) is 24.4 Å². The molecule has 2 N–H and O–H groups in total. The van der Waals surface area contributed by atoms with E-state index in [-0.39, 0.29) is 12.5 Å². The van der Waals surface area contributed by atoms with Gasteiger partial charge in [0.05, 0.1) is 6.61 Å². The molecule has 0 saturated heterocycles. The largest absolute Gasteiger partial charge is 0.395 e. The number of aliphatic hydroxyl groups is 1. The normalized spacial score (nSPS) is 10.4. The lowest BCUT2D eigenvalue weighted by Crippen LogP contribution is -2.21. The summed E-state index contributed by atoms with van der Waals surface area (Å²) in [7, 11) is 1.91. The van der Waals surface area contributed by atoms with Gasteiger partial charge in [-0.2, -0.15) is 0 Å². The highest BCUT2D eigenvalue weighted by Crippen LogP contribution is 2.17. The Kier molecular flexibility index (Phi) is 6.44. The van der Waals surface area contributed by atoms with Crippen molar-refractivity contribution in [2.45, 2.75) is 12.8 Å². The third kappa shape index (κ3) is 5.58. The van der Waals surface area contributed by atoms with Crippen LogP contribution in [-0.2, 0) is 11.2 Å². The van der Waals surface area contributed by atoms with Gasteiger partial charge in [0, 0.05) is 36.4 Å². The Morgan fingerprint density at radius 2 is 1.96 bits per heavy atom. The second-order valence-corrected chi connectivity index (χ2v) is 5.81. The number of anilines is 2. The first kappa shape index (κ1) is 17.3. The van der Waals surface area contributed by atoms with Crippen LogP contribution in [0.15, 0.2) is 48.5 Å². The topological polar surface area (TPSA) is 52.6 Å². The van der Waals surface area contributed by atoms with Crippen molar-refractivity contribution in [1.29, 1.82) is 0 Å². The molecule has 0 spiro atoms. The van der Waals surface area contributed by atoms with Crippen LogP contribution in [0, 0.1) is 0 Å². The molecule has 0 aliphatic rings. The summed E-state index contributed by atoms with van der Waals surface area (Å²) in [5.41, 5.74) is 2.81. The maximum Gasteiger partial charge on any atom is 0.224 e. The Morgan fingerprint density at radius 1 is 1.22 bits per heavy atom. The molecule has 0 atom stereocenters. The Bertz CT molecular complexity index is 644. The third-order valence-electron chi connectivity index (χ3n) is 3.56. The zero-order valence-electron chi connectivity index (χ0n) is 13.1. The zero-order valence-corrected chi connectivity index (χ0v) is 13.9. The van der Waals surface area contributed by atoms with E-state index >= 15 is 0 Å². The molecule has 2 aromatic rings. The lowest BCUT2D eigenvalue weighted by atomic mass is 10.1. The molecule has 1 amide bonds. The van der Waals surface area contributed by atoms with E-state index in [1.807, 2.05) is 60.5 Å². The molecule has 5 heteroatoms. The van der Waals surface area contributed by atoms with E-state index in [9.17, 15) is 4.79 Å². The van der Waals surface area contributed by atoms with Gasteiger partial charge in [-0.1, -0.05) is 23.7 Å². The third-order valence-corrected chi connectivity index (χ3v) is 3.79. The van der Waals surface area contributed by atoms with Gasteiger partial charge < -0.3 is 15.3 Å². The van der Waals surface area contributed by atoms with Gasteiger partial charge in [-0.05, 0) is 48.4 Å². The Hall–Kier alpha value is -2.04. The van der Waals surface area contributed by atoms with Crippen LogP contribution in [0.2, 0.25) is 5.02 Å². The van der Waals surface area contributed by atoms with Crippen LogP contribution in [0.5, 0.6) is 0 Å². The van der Waals surface area contributed by atoms with Gasteiger partial charge in [-0.15, -0.1) is 0 Å². The van der Waals surface area contributed by atoms with Crippen molar-refractivity contribution in [2.75, 3.05) is 30.4 Å². The number of hydrogen-bond donors (Lipinski definition) is 2. The number of likely N-dealkylation sites (N-methyl/N-ethyl adjacent to an activating group) is 1. The first-order valence-corrected chi connectivity index (χ1v) is 7.92. The molecule has 0 unspecified atom stereocenters. The molecule has 122 valence electrons. The predicted octanol–water partition coefficient (Wildman–Crippen LogP) is 3.34. The summed E-state index contributed by atoms with van der Waals surface area (Å²) in [5.74, 6) is -0.0264. The number of benzene rings is 2. The number of nitrogens with zero attached hydrogens (tertiary/aromatic N) is 1. The molecule has 0 aliphatic carbocycles. The van der Waals surface area contributed by atoms with Gasteiger partial charge in [0.25, 0.3) is 0 Å². The van der Waals surface area contributed by atoms with Gasteiger partial charge in [-0.3, -0.25) is 4.79 Å². The van der Waals surface area contributed by atoms with Gasteiger partial charge in [0.15, 0.2) is 0 Å². The molecule has 0 heterocycles. The van der Waals surface area contributed by atoms with E-state index in [4.69, 9.17) is 16.7 Å². The number of nitrogens with one attached hydrogen (secondary N) is 1. The van der Waals surface area contributed by atoms with Gasteiger partial charge in [-0.25, -0.2) is 0 Å². The molecule has 23 heavy (non-hydrogen) atoms. The average Bonchev–Trinajstić information content (AvgIpc) is 2.54. The van der Waals surface area contributed by atoms with Crippen LogP contribution < -0.4 is 10.2 Å². The van der Waals surface area contributed by atoms with Crippen LogP contribution in [0.25, 0.3) is 0 Å². The first-order chi connectivity index (χ1) is 11.1. The molecule has 0 radical (unpaired) electrons. The molecule has 0 fully saturated rings. The van der Waals surface area contributed by atoms with Crippen molar-refractivity contribution in [3.05, 3.63) is 59.1 Å². The fraction of sp³-hybridized carbons (Fsp3) is 0.278. The molecule has 0 bridgehead atoms. The highest BCUT2D eigenvalue weighted by atomic mass is 35.5. The minimum absolute atomic E-state index is 0.0264. The SMILES string of the molecule is CN(CCO)c1ccc(NC(=O)CCc2cccc(Cl)c2)cc1. The number of carbonyl (C=O) groups excluding carboxylic acids is 1. The van der Waals surface area contributed by atoms with Crippen molar-refractivity contribution >= 4 is 28.9 Å². The monoisotopic (exact) mass is 332 g/mol. The zero-order chi connectivity index (χ0) is 16.7. The van der Waals surface area contributed by atoms with Crippen LogP contribution in [0.4, 0.5) is 11.4 Å². The second kappa shape index (κ2) is 8.56. The second-order valence-electron chi connectivity index (χ2n) is 5.37. The summed E-state index contributed by atoms with van der Waals surface area (Å²) in [6.07, 6.45) is 1.07. The number of aliphatic hydroxyl groups excluding tert-OH is 1. The highest BCUT2D eigenvalue weighted by molar-refractivity contribution is 6.30. The molecule has 0 aliphatic heterocycles. The summed E-state index contributed by atoms with van der Waals surface area (Å²) in [5, 5.41) is 12.5. The van der Waals surface area contributed by atoms with Crippen molar-refractivity contribution in [1.82, 2.24) is 0 Å². The summed E-state index contributed by atoms with van der Waals surface area (Å²) < 4.78 is 0. The first-order valence-electron chi connectivity index (χ1n) is 7.55. The summed E-state index contributed by atoms with van der Waals surface area (Å²) in [4.78, 5) is 14.0. The summed E-state index contributed by atoms with van der Waals surface area (Å²) in [6, 6.07) is 15.1. The number of rotatable bonds is 7. The molecule has 0 aromatic heterocycles. The summed E-state index contributed by atoms with van der Waals surface area (Å²) >= 11 is 5.93. The Balaban J connectivity index is 1.85. The fourth-order valence-corrected chi connectivity index (χ4v) is 2.47. The molecule has 2 rings (SSSR count). The number of amides is 1. The number of halogens is 1. The minimum atomic E-state index is -0.0264. The number of aryl methyl sites for hydroxylation is 1. The number of hydrogen-bond acceptors (Lipinski definition) is 3. The van der Waals surface area contributed by atoms with E-state index < -0.39 is 0 Å². The molecular weight excluding hydrogens is 312 g/mol. The van der Waals surface area contributed by atoms with Crippen LogP contribution in [-0.4, -0.2) is 31.2 Å². The van der Waals surface area contributed by atoms with Crippen molar-refractivity contribution in [3.63, 3.8) is 0 Å². The van der Waals surface area contributed by atoms with Crippen LogP contribution >= 0.6 is 11.6 Å². The average molecular weight is 333 g/mol. The van der Waals surface area contributed by atoms with E-state index in [2.05, 4.69) is 5.32 Å². The van der Waals surface area contributed by atoms with Gasteiger partial charge in [0.2, 0.25) is 5.91 Å². The minimum Gasteiger partial charge on any atom is -0.395 e. The molecule has 2 aromatic carbocycles. The smallest absolute Gasteiger partial charge is 0.224 e. The highest BCUT2D eigenvalue weighted by Gasteiger charge is 2.05. The van der Waals surface area contributed by atoms with Crippen LogP contribution in [0.1, 0.15) is 12.0 Å². The van der Waals surface area contributed by atoms with Crippen molar-refractivity contribution in [2.24, 2.45) is 0 Å². The lowest BCUT2D eigenvalue weighted by molar-refractivity contribution is -0.116. The quantitative estimate of drug-likeness (QED) is 0.817. The number of carbonyl (C=O) groups is 1. The van der Waals surface area contributed by atoms with Crippen molar-refractivity contribution in [3.8, 4) is 0 Å². The lowest BCUT2D eigenvalue weighted by Gasteiger charge is -2.18. The van der Waals surface area contributed by atoms with Gasteiger partial charge in [0.1, 0.15) is 0 Å². The van der Waals surface area contributed by atoms with E-state index in [0.717, 1.165) is 16.9 Å². The van der Waals surface area contributed by atoms with Gasteiger partial charge >= 0.3 is 0 Å². The van der Waals surface area contributed by atoms with Crippen molar-refractivity contribution < 1.29 is 9.90 Å². The van der Waals surface area contributed by atoms with E-state index in [1.165, 1.54) is 0 Å². The standard InChI is InChI=1S/C18H21ClN2O2/c1-21(11-12-22)17-8-6-16(7-9-17)20-18(23)10-5-14-3-2-4-15(19)13-14/h2-4,6-9,13,22H,5,10-12H2,1H3,(H,20,23). The molecule has 0 saturated carbocycles. The fourth-order valence-electron chi connectivity index (χ4n) is 2.25. The Morgan fingerprint density at radius 3 is 2.61 bits per heavy atom.